The lowest BCUT2D eigenvalue weighted by atomic mass is 10.1. The van der Waals surface area contributed by atoms with Crippen LogP contribution in [-0.4, -0.2) is 42.2 Å². The maximum atomic E-state index is 12.3. The lowest BCUT2D eigenvalue weighted by Crippen LogP contribution is -2.04. The predicted molar refractivity (Wildman–Crippen MR) is 85.8 cm³/mol. The third-order valence-corrected chi connectivity index (χ3v) is 3.58. The fourth-order valence-electron chi connectivity index (χ4n) is 2.30. The van der Waals surface area contributed by atoms with Gasteiger partial charge in [0, 0.05) is 23.2 Å². The van der Waals surface area contributed by atoms with E-state index >= 15 is 0 Å². The van der Waals surface area contributed by atoms with E-state index in [1.54, 1.807) is 0 Å². The van der Waals surface area contributed by atoms with E-state index in [1.807, 2.05) is 0 Å². The highest BCUT2D eigenvalue weighted by atomic mass is 27.0. The highest BCUT2D eigenvalue weighted by molar-refractivity contribution is 6.08. The molecular weight excluding hydrogens is 331 g/mol. The topological polar surface area (TPSA) is 120 Å². The molecule has 1 heterocycles. The second-order valence-corrected chi connectivity index (χ2v) is 5.27. The van der Waals surface area contributed by atoms with Crippen LogP contribution in [-0.2, 0) is 0 Å². The molecule has 0 aliphatic heterocycles. The van der Waals surface area contributed by atoms with Crippen molar-refractivity contribution in [1.82, 2.24) is 0 Å². The third-order valence-electron chi connectivity index (χ3n) is 3.41. The lowest BCUT2D eigenvalue weighted by molar-refractivity contribution is 0.382. The van der Waals surface area contributed by atoms with Gasteiger partial charge in [-0.3, -0.25) is 4.79 Å². The van der Waals surface area contributed by atoms with Crippen LogP contribution in [0.3, 0.4) is 0 Å². The molecule has 0 spiro atoms. The van der Waals surface area contributed by atoms with Gasteiger partial charge in [0.2, 0.25) is 11.2 Å². The van der Waals surface area contributed by atoms with Gasteiger partial charge in [0.1, 0.15) is 22.5 Å². The summed E-state index contributed by atoms with van der Waals surface area (Å²) in [7, 11) is 0. The van der Waals surface area contributed by atoms with E-state index in [0.717, 1.165) is 6.07 Å². The standard InChI is InChI=1S/C16H11O7.Al/c1-22-8-5-11(19)13-12(6-8)23-16(15(21)14(13)20)7-2-3-9(17)10(18)4-7;/h2-6,17-19,21H,1H2;. The summed E-state index contributed by atoms with van der Waals surface area (Å²) in [6, 6.07) is 6.35. The van der Waals surface area contributed by atoms with Crippen molar-refractivity contribution in [1.29, 1.82) is 0 Å². The van der Waals surface area contributed by atoms with Crippen LogP contribution in [0.1, 0.15) is 0 Å². The summed E-state index contributed by atoms with van der Waals surface area (Å²) in [4.78, 5) is 12.3. The van der Waals surface area contributed by atoms with Gasteiger partial charge in [-0.05, 0) is 18.2 Å². The largest absolute Gasteiger partial charge is 0.511 e. The number of hydrogen-bond donors (Lipinski definition) is 4. The van der Waals surface area contributed by atoms with E-state index in [4.69, 9.17) is 9.15 Å². The lowest BCUT2D eigenvalue weighted by Gasteiger charge is -2.10. The van der Waals surface area contributed by atoms with Gasteiger partial charge in [0.25, 0.3) is 0 Å². The number of phenols is 3. The number of hydrogen-bond acceptors (Lipinski definition) is 7. The van der Waals surface area contributed by atoms with Crippen LogP contribution in [0.5, 0.6) is 28.7 Å². The molecule has 2 aromatic carbocycles. The molecule has 7 nitrogen and oxygen atoms in total. The molecule has 0 bridgehead atoms. The van der Waals surface area contributed by atoms with Crippen LogP contribution in [0, 0.1) is 0 Å². The monoisotopic (exact) mass is 342 g/mol. The molecule has 4 N–H and O–H groups in total. The molecule has 0 aliphatic rings. The Hall–Kier alpha value is -2.82. The van der Waals surface area contributed by atoms with Crippen LogP contribution >= 0.6 is 0 Å². The zero-order valence-corrected chi connectivity index (χ0v) is 13.3. The van der Waals surface area contributed by atoms with E-state index in [0.29, 0.717) is 0 Å². The van der Waals surface area contributed by atoms with Crippen molar-refractivity contribution in [2.75, 3.05) is 5.47 Å². The SMILES string of the molecule is O=c1c(O)c(-c2ccc(O)c(O)c2)oc2cc(O[CH2][Al])cc(O)c12. The molecule has 0 atom stereocenters. The van der Waals surface area contributed by atoms with E-state index in [1.165, 1.54) is 24.3 Å². The zero-order valence-electron chi connectivity index (χ0n) is 12.2. The second-order valence-electron chi connectivity index (χ2n) is 4.94. The molecule has 0 saturated carbocycles. The van der Waals surface area contributed by atoms with Gasteiger partial charge in [0.05, 0.1) is 0 Å². The molecular formula is C16H11AlO7. The van der Waals surface area contributed by atoms with Crippen molar-refractivity contribution >= 4 is 27.3 Å². The van der Waals surface area contributed by atoms with E-state index < -0.39 is 16.9 Å². The van der Waals surface area contributed by atoms with Gasteiger partial charge in [-0.15, -0.1) is 0 Å². The van der Waals surface area contributed by atoms with Crippen LogP contribution < -0.4 is 10.2 Å². The maximum Gasteiger partial charge on any atom is 0.238 e. The molecule has 0 amide bonds. The summed E-state index contributed by atoms with van der Waals surface area (Å²) in [5.41, 5.74) is -0.368. The highest BCUT2D eigenvalue weighted by Gasteiger charge is 2.19. The average molecular weight is 342 g/mol. The molecule has 8 heteroatoms. The Morgan fingerprint density at radius 2 is 1.75 bits per heavy atom. The number of phenolic OH excluding ortho intramolecular Hbond substituents is 3. The Morgan fingerprint density at radius 3 is 2.42 bits per heavy atom. The first-order chi connectivity index (χ1) is 11.4. The Labute approximate surface area is 143 Å². The van der Waals surface area contributed by atoms with Crippen molar-refractivity contribution in [2.45, 2.75) is 0 Å². The third kappa shape index (κ3) is 2.62. The normalized spacial score (nSPS) is 10.8. The minimum absolute atomic E-state index is 0.00816. The first-order valence-electron chi connectivity index (χ1n) is 6.80. The highest BCUT2D eigenvalue weighted by Crippen LogP contribution is 2.37. The molecule has 3 aromatic rings. The van der Waals surface area contributed by atoms with Gasteiger partial charge >= 0.3 is 0 Å². The molecule has 3 rings (SSSR count). The van der Waals surface area contributed by atoms with E-state index in [-0.39, 0.29) is 45.0 Å². The van der Waals surface area contributed by atoms with Crippen LogP contribution in [0.25, 0.3) is 22.3 Å². The summed E-state index contributed by atoms with van der Waals surface area (Å²) < 4.78 is 10.8. The second kappa shape index (κ2) is 6.00. The number of aromatic hydroxyl groups is 4. The predicted octanol–water partition coefficient (Wildman–Crippen LogP) is 1.79. The van der Waals surface area contributed by atoms with Crippen molar-refractivity contribution < 1.29 is 29.6 Å². The minimum atomic E-state index is -0.825. The number of fused-ring (bicyclic) bond motifs is 1. The molecule has 0 saturated heterocycles. The first kappa shape index (κ1) is 16.1. The molecule has 1 aromatic heterocycles. The Bertz CT molecular complexity index is 994. The molecule has 0 unspecified atom stereocenters. The van der Waals surface area contributed by atoms with Crippen molar-refractivity contribution in [3.05, 3.63) is 40.6 Å². The van der Waals surface area contributed by atoms with Crippen molar-refractivity contribution in [3.8, 4) is 40.1 Å². The summed E-state index contributed by atoms with van der Waals surface area (Å²) >= 11 is 2.35. The smallest absolute Gasteiger partial charge is 0.238 e. The summed E-state index contributed by atoms with van der Waals surface area (Å²) in [6.07, 6.45) is 0. The minimum Gasteiger partial charge on any atom is -0.511 e. The fraction of sp³-hybridized carbons (Fsp3) is 0.0625. The van der Waals surface area contributed by atoms with Crippen molar-refractivity contribution in [3.63, 3.8) is 0 Å². The molecule has 120 valence electrons. The Kier molecular flexibility index (Phi) is 4.01. The number of ether oxygens (including phenoxy) is 1. The molecule has 2 radical (unpaired) electrons. The van der Waals surface area contributed by atoms with Crippen LogP contribution in [0.2, 0.25) is 0 Å². The van der Waals surface area contributed by atoms with Gasteiger partial charge in [-0.25, -0.2) is 0 Å². The molecule has 0 fully saturated rings. The first-order valence-corrected chi connectivity index (χ1v) is 7.62. The van der Waals surface area contributed by atoms with Gasteiger partial charge in [-0.1, -0.05) is 0 Å². The zero-order chi connectivity index (χ0) is 17.4. The molecule has 0 aliphatic carbocycles. The fourth-order valence-corrected chi connectivity index (χ4v) is 2.50. The van der Waals surface area contributed by atoms with Gasteiger partial charge in [-0.2, -0.15) is 0 Å². The van der Waals surface area contributed by atoms with Crippen LogP contribution in [0.4, 0.5) is 0 Å². The van der Waals surface area contributed by atoms with Gasteiger partial charge < -0.3 is 29.6 Å². The number of rotatable bonds is 3. The maximum absolute atomic E-state index is 12.3. The summed E-state index contributed by atoms with van der Waals surface area (Å²) in [5, 5.41) is 38.9. The van der Waals surface area contributed by atoms with Crippen LogP contribution in [0.15, 0.2) is 39.5 Å². The Morgan fingerprint density at radius 1 is 1.00 bits per heavy atom. The number of benzene rings is 2. The van der Waals surface area contributed by atoms with E-state index in [2.05, 4.69) is 16.3 Å². The summed E-state index contributed by atoms with van der Waals surface area (Å²) in [5.74, 6) is -1.81. The summed E-state index contributed by atoms with van der Waals surface area (Å²) in [6.45, 7) is 0. The quantitative estimate of drug-likeness (QED) is 0.423. The Balaban J connectivity index is 2.31. The average Bonchev–Trinajstić information content (AvgIpc) is 2.53. The van der Waals surface area contributed by atoms with Crippen molar-refractivity contribution in [2.24, 2.45) is 0 Å². The van der Waals surface area contributed by atoms with Gasteiger partial charge in [0.15, 0.2) is 33.5 Å². The molecule has 24 heavy (non-hydrogen) atoms. The van der Waals surface area contributed by atoms with E-state index in [9.17, 15) is 25.2 Å².